The van der Waals surface area contributed by atoms with E-state index in [1.54, 1.807) is 30.3 Å². The summed E-state index contributed by atoms with van der Waals surface area (Å²) in [5.74, 6) is -0.281. The van der Waals surface area contributed by atoms with Crippen LogP contribution < -0.4 is 5.56 Å². The largest absolute Gasteiger partial charge is 0.303 e. The van der Waals surface area contributed by atoms with E-state index in [1.807, 2.05) is 31.2 Å². The van der Waals surface area contributed by atoms with Crippen molar-refractivity contribution in [3.05, 3.63) is 81.9 Å². The third-order valence-electron chi connectivity index (χ3n) is 3.32. The number of para-hydroxylation sites is 1. The number of nitrogens with zero attached hydrogens (tertiary/aromatic N) is 1. The lowest BCUT2D eigenvalue weighted by molar-refractivity contribution is 0.103. The second-order valence-electron chi connectivity index (χ2n) is 5.04. The van der Waals surface area contributed by atoms with Gasteiger partial charge in [0.25, 0.3) is 5.56 Å². The van der Waals surface area contributed by atoms with Gasteiger partial charge in [-0.2, -0.15) is 0 Å². The van der Waals surface area contributed by atoms with Gasteiger partial charge in [0.1, 0.15) is 0 Å². The molecule has 0 spiro atoms. The van der Waals surface area contributed by atoms with Gasteiger partial charge in [0, 0.05) is 0 Å². The van der Waals surface area contributed by atoms with Crippen molar-refractivity contribution >= 4 is 22.8 Å². The van der Waals surface area contributed by atoms with Crippen LogP contribution in [0.4, 0.5) is 0 Å². The van der Waals surface area contributed by atoms with Crippen molar-refractivity contribution in [3.8, 4) is 0 Å². The van der Waals surface area contributed by atoms with Crippen molar-refractivity contribution in [2.24, 2.45) is 0 Å². The summed E-state index contributed by atoms with van der Waals surface area (Å²) in [7, 11) is 0. The van der Waals surface area contributed by atoms with E-state index in [4.69, 9.17) is 0 Å². The molecule has 2 aromatic carbocycles. The number of benzene rings is 2. The van der Waals surface area contributed by atoms with Gasteiger partial charge in [0.15, 0.2) is 5.82 Å². The molecular weight excluding hydrogens is 276 g/mol. The number of nitrogens with one attached hydrogen (secondary N) is 1. The summed E-state index contributed by atoms with van der Waals surface area (Å²) in [4.78, 5) is 30.9. The molecule has 0 bridgehead atoms. The Morgan fingerprint density at radius 1 is 1.14 bits per heavy atom. The first-order valence-corrected chi connectivity index (χ1v) is 6.91. The monoisotopic (exact) mass is 290 g/mol. The minimum Gasteiger partial charge on any atom is -0.303 e. The Morgan fingerprint density at radius 2 is 1.95 bits per heavy atom. The van der Waals surface area contributed by atoms with Crippen LogP contribution in [0.2, 0.25) is 0 Å². The molecule has 0 amide bonds. The van der Waals surface area contributed by atoms with Gasteiger partial charge >= 0.3 is 0 Å². The number of hydrogen-bond acceptors (Lipinski definition) is 3. The standard InChI is InChI=1S/C18H14N2O2/c1-12-5-4-6-13(11-12)9-10-16(21)17-19-15-8-3-2-7-14(15)18(22)20-17/h2-11H,1H3,(H,19,20,22)/b10-9+. The van der Waals surface area contributed by atoms with Crippen molar-refractivity contribution in [3.63, 3.8) is 0 Å². The Balaban J connectivity index is 1.94. The van der Waals surface area contributed by atoms with Gasteiger partial charge in [-0.1, -0.05) is 48.0 Å². The number of carbonyl (C=O) groups excluding carboxylic acids is 1. The molecule has 3 rings (SSSR count). The quantitative estimate of drug-likeness (QED) is 0.595. The molecule has 108 valence electrons. The van der Waals surface area contributed by atoms with Gasteiger partial charge in [0.05, 0.1) is 10.9 Å². The summed E-state index contributed by atoms with van der Waals surface area (Å²) in [6.07, 6.45) is 3.13. The number of hydrogen-bond donors (Lipinski definition) is 1. The summed E-state index contributed by atoms with van der Waals surface area (Å²) < 4.78 is 0. The second-order valence-corrected chi connectivity index (χ2v) is 5.04. The Hall–Kier alpha value is -3.01. The molecule has 0 fully saturated rings. The summed E-state index contributed by atoms with van der Waals surface area (Å²) in [5.41, 5.74) is 2.25. The van der Waals surface area contributed by atoms with Crippen LogP contribution in [0.25, 0.3) is 17.0 Å². The minimum atomic E-state index is -0.329. The second kappa shape index (κ2) is 5.77. The van der Waals surface area contributed by atoms with Crippen LogP contribution in [0, 0.1) is 6.92 Å². The average molecular weight is 290 g/mol. The van der Waals surface area contributed by atoms with Crippen molar-refractivity contribution in [2.75, 3.05) is 0 Å². The molecule has 0 unspecified atom stereocenters. The van der Waals surface area contributed by atoms with Crippen LogP contribution in [0.15, 0.2) is 59.4 Å². The van der Waals surface area contributed by atoms with Crippen LogP contribution in [0.1, 0.15) is 21.7 Å². The molecule has 0 aliphatic carbocycles. The van der Waals surface area contributed by atoms with Crippen LogP contribution >= 0.6 is 0 Å². The lowest BCUT2D eigenvalue weighted by atomic mass is 10.1. The van der Waals surface area contributed by atoms with Crippen molar-refractivity contribution in [1.29, 1.82) is 0 Å². The molecule has 0 saturated carbocycles. The van der Waals surface area contributed by atoms with E-state index in [-0.39, 0.29) is 17.2 Å². The van der Waals surface area contributed by atoms with Crippen LogP contribution in [0.5, 0.6) is 0 Å². The van der Waals surface area contributed by atoms with Gasteiger partial charge in [-0.05, 0) is 30.7 Å². The first-order chi connectivity index (χ1) is 10.6. The SMILES string of the molecule is Cc1cccc(/C=C/C(=O)c2nc3ccccc3c(=O)[nH]2)c1. The zero-order chi connectivity index (χ0) is 15.5. The van der Waals surface area contributed by atoms with Crippen molar-refractivity contribution in [1.82, 2.24) is 9.97 Å². The molecule has 1 aromatic heterocycles. The van der Waals surface area contributed by atoms with Crippen LogP contribution in [-0.2, 0) is 0 Å². The highest BCUT2D eigenvalue weighted by Gasteiger charge is 2.08. The van der Waals surface area contributed by atoms with E-state index in [1.165, 1.54) is 6.08 Å². The molecule has 0 aliphatic rings. The maximum atomic E-state index is 12.2. The fourth-order valence-electron chi connectivity index (χ4n) is 2.23. The number of allylic oxidation sites excluding steroid dienone is 1. The van der Waals surface area contributed by atoms with Gasteiger partial charge in [-0.3, -0.25) is 9.59 Å². The van der Waals surface area contributed by atoms with Crippen molar-refractivity contribution in [2.45, 2.75) is 6.92 Å². The Labute approximate surface area is 127 Å². The molecule has 1 heterocycles. The number of H-pyrrole nitrogens is 1. The van der Waals surface area contributed by atoms with Gasteiger partial charge in [-0.25, -0.2) is 4.98 Å². The topological polar surface area (TPSA) is 62.8 Å². The zero-order valence-electron chi connectivity index (χ0n) is 12.0. The highest BCUT2D eigenvalue weighted by molar-refractivity contribution is 6.05. The lowest BCUT2D eigenvalue weighted by Gasteiger charge is -1.99. The van der Waals surface area contributed by atoms with E-state index in [0.29, 0.717) is 10.9 Å². The fourth-order valence-corrected chi connectivity index (χ4v) is 2.23. The minimum absolute atomic E-state index is 0.0487. The van der Waals surface area contributed by atoms with E-state index >= 15 is 0 Å². The molecule has 0 aliphatic heterocycles. The normalized spacial score (nSPS) is 11.1. The van der Waals surface area contributed by atoms with Crippen molar-refractivity contribution < 1.29 is 4.79 Å². The molecule has 1 N–H and O–H groups in total. The first-order valence-electron chi connectivity index (χ1n) is 6.91. The molecule has 4 heteroatoms. The molecule has 0 radical (unpaired) electrons. The number of ketones is 1. The number of aromatic amines is 1. The highest BCUT2D eigenvalue weighted by Crippen LogP contribution is 2.08. The predicted molar refractivity (Wildman–Crippen MR) is 86.9 cm³/mol. The van der Waals surface area contributed by atoms with Crippen LogP contribution in [-0.4, -0.2) is 15.8 Å². The third kappa shape index (κ3) is 2.86. The lowest BCUT2D eigenvalue weighted by Crippen LogP contribution is -2.14. The summed E-state index contributed by atoms with van der Waals surface area (Å²) in [6, 6.07) is 14.7. The van der Waals surface area contributed by atoms with Crippen LogP contribution in [0.3, 0.4) is 0 Å². The smallest absolute Gasteiger partial charge is 0.259 e. The summed E-state index contributed by atoms with van der Waals surface area (Å²) in [5, 5.41) is 0.474. The molecule has 0 saturated heterocycles. The third-order valence-corrected chi connectivity index (χ3v) is 3.32. The number of fused-ring (bicyclic) bond motifs is 1. The maximum Gasteiger partial charge on any atom is 0.259 e. The highest BCUT2D eigenvalue weighted by atomic mass is 16.1. The van der Waals surface area contributed by atoms with E-state index in [9.17, 15) is 9.59 Å². The van der Waals surface area contributed by atoms with Gasteiger partial charge < -0.3 is 4.98 Å². The van der Waals surface area contributed by atoms with E-state index in [2.05, 4.69) is 9.97 Å². The zero-order valence-corrected chi connectivity index (χ0v) is 12.0. The fraction of sp³-hybridized carbons (Fsp3) is 0.0556. The predicted octanol–water partition coefficient (Wildman–Crippen LogP) is 3.13. The maximum absolute atomic E-state index is 12.2. The number of rotatable bonds is 3. The number of aromatic nitrogens is 2. The summed E-state index contributed by atoms with van der Waals surface area (Å²) >= 11 is 0. The average Bonchev–Trinajstić information content (AvgIpc) is 2.52. The Morgan fingerprint density at radius 3 is 2.77 bits per heavy atom. The number of aryl methyl sites for hydroxylation is 1. The van der Waals surface area contributed by atoms with Gasteiger partial charge in [-0.15, -0.1) is 0 Å². The molecule has 22 heavy (non-hydrogen) atoms. The molecule has 3 aromatic rings. The Kier molecular flexibility index (Phi) is 3.66. The molecule has 4 nitrogen and oxygen atoms in total. The molecule has 0 atom stereocenters. The van der Waals surface area contributed by atoms with E-state index < -0.39 is 0 Å². The summed E-state index contributed by atoms with van der Waals surface area (Å²) in [6.45, 7) is 1.99. The van der Waals surface area contributed by atoms with E-state index in [0.717, 1.165) is 11.1 Å². The number of carbonyl (C=O) groups is 1. The molecular formula is C18H14N2O2. The first kappa shape index (κ1) is 13.9. The Bertz CT molecular complexity index is 939. The van der Waals surface area contributed by atoms with Gasteiger partial charge in [0.2, 0.25) is 5.78 Å².